The van der Waals surface area contributed by atoms with Gasteiger partial charge in [-0.2, -0.15) is 0 Å². The summed E-state index contributed by atoms with van der Waals surface area (Å²) in [5.74, 6) is 2.79. The minimum Gasteiger partial charge on any atom is -0.491 e. The lowest BCUT2D eigenvalue weighted by Crippen LogP contribution is -2.34. The highest BCUT2D eigenvalue weighted by Crippen LogP contribution is 2.41. The van der Waals surface area contributed by atoms with Crippen LogP contribution in [0, 0.1) is 5.92 Å². The molecular formula is C30H42Cl2N2O7. The Morgan fingerprint density at radius 2 is 1.44 bits per heavy atom. The maximum Gasteiger partial charge on any atom is 0.231 e. The molecule has 1 fully saturated rings. The molecule has 228 valence electrons. The molecule has 0 unspecified atom stereocenters. The zero-order chi connectivity index (χ0) is 26.9. The topological polar surface area (TPSA) is 105 Å². The van der Waals surface area contributed by atoms with E-state index in [1.807, 2.05) is 6.07 Å². The molecule has 0 radical (unpaired) electrons. The molecule has 0 aliphatic carbocycles. The first-order valence-corrected chi connectivity index (χ1v) is 13.9. The number of benzene rings is 3. The van der Waals surface area contributed by atoms with Gasteiger partial charge in [0.1, 0.15) is 12.4 Å². The van der Waals surface area contributed by atoms with Crippen LogP contribution in [0.5, 0.6) is 17.2 Å². The number of aliphatic hydroxyl groups excluding tert-OH is 1. The molecule has 0 saturated carbocycles. The van der Waals surface area contributed by atoms with E-state index in [9.17, 15) is 5.11 Å². The van der Waals surface area contributed by atoms with Gasteiger partial charge in [-0.1, -0.05) is 6.07 Å². The van der Waals surface area contributed by atoms with Crippen LogP contribution in [0.15, 0.2) is 36.4 Å². The van der Waals surface area contributed by atoms with Gasteiger partial charge in [-0.25, -0.2) is 0 Å². The summed E-state index contributed by atoms with van der Waals surface area (Å²) in [4.78, 5) is 2.48. The molecule has 2 heterocycles. The standard InChI is InChI=1S/C30H40N2O7.2ClH/c31-5-8-34-9-10-35-11-12-36-13-14-37-25-1-2-26-24(19-32-6-3-22(20-33)4-7-32)15-23-16-29-30(39-21-38-29)18-27(23)28(26)17-25;;/h1-2,15-18,22,33H,3-14,19-21,31H2;2*1H. The summed E-state index contributed by atoms with van der Waals surface area (Å²) in [6, 6.07) is 12.7. The molecule has 9 nitrogen and oxygen atoms in total. The maximum atomic E-state index is 9.52. The fraction of sp³-hybridized carbons (Fsp3) is 0.533. The van der Waals surface area contributed by atoms with Crippen LogP contribution in [-0.4, -0.2) is 89.3 Å². The van der Waals surface area contributed by atoms with Gasteiger partial charge in [0, 0.05) is 19.7 Å². The third kappa shape index (κ3) is 8.95. The smallest absolute Gasteiger partial charge is 0.231 e. The third-order valence-corrected chi connectivity index (χ3v) is 7.36. The zero-order valence-corrected chi connectivity index (χ0v) is 25.0. The SMILES string of the molecule is Cl.Cl.NCCOCCOCCOCCOc1ccc2c(CN3CCC(CO)CC3)cc3cc4c(cc3c2c1)OCO4. The number of aliphatic hydroxyl groups is 1. The Labute approximate surface area is 254 Å². The second kappa shape index (κ2) is 17.1. The van der Waals surface area contributed by atoms with Gasteiger partial charge in [-0.3, -0.25) is 4.90 Å². The van der Waals surface area contributed by atoms with Crippen LogP contribution in [0.2, 0.25) is 0 Å². The molecule has 2 aliphatic rings. The van der Waals surface area contributed by atoms with Gasteiger partial charge < -0.3 is 39.3 Å². The maximum absolute atomic E-state index is 9.52. The molecular weight excluding hydrogens is 571 g/mol. The summed E-state index contributed by atoms with van der Waals surface area (Å²) in [6.45, 7) is 7.52. The van der Waals surface area contributed by atoms with Crippen molar-refractivity contribution in [2.24, 2.45) is 11.7 Å². The molecule has 5 rings (SSSR count). The molecule has 3 aromatic carbocycles. The van der Waals surface area contributed by atoms with Crippen molar-refractivity contribution in [3.8, 4) is 17.2 Å². The fourth-order valence-corrected chi connectivity index (χ4v) is 5.23. The summed E-state index contributed by atoms with van der Waals surface area (Å²) >= 11 is 0. The summed E-state index contributed by atoms with van der Waals surface area (Å²) < 4.78 is 33.8. The van der Waals surface area contributed by atoms with Gasteiger partial charge in [0.2, 0.25) is 6.79 Å². The molecule has 0 atom stereocenters. The highest BCUT2D eigenvalue weighted by molar-refractivity contribution is 6.10. The van der Waals surface area contributed by atoms with Crippen LogP contribution in [0.1, 0.15) is 18.4 Å². The van der Waals surface area contributed by atoms with Crippen molar-refractivity contribution in [3.05, 3.63) is 42.0 Å². The Balaban J connectivity index is 0.00000231. The van der Waals surface area contributed by atoms with Gasteiger partial charge in [-0.15, -0.1) is 24.8 Å². The number of likely N-dealkylation sites (tertiary alicyclic amines) is 1. The molecule has 0 bridgehead atoms. The number of nitrogens with zero attached hydrogens (tertiary/aromatic N) is 1. The number of rotatable bonds is 15. The number of ether oxygens (including phenoxy) is 6. The highest BCUT2D eigenvalue weighted by atomic mass is 35.5. The van der Waals surface area contributed by atoms with E-state index in [0.717, 1.165) is 65.9 Å². The Kier molecular flexibility index (Phi) is 14.0. The largest absolute Gasteiger partial charge is 0.491 e. The quantitative estimate of drug-likeness (QED) is 0.193. The highest BCUT2D eigenvalue weighted by Gasteiger charge is 2.21. The van der Waals surface area contributed by atoms with Gasteiger partial charge in [-0.05, 0) is 89.3 Å². The zero-order valence-electron chi connectivity index (χ0n) is 23.4. The Morgan fingerprint density at radius 3 is 2.12 bits per heavy atom. The first-order valence-electron chi connectivity index (χ1n) is 13.9. The van der Waals surface area contributed by atoms with E-state index < -0.39 is 0 Å². The van der Waals surface area contributed by atoms with Crippen molar-refractivity contribution in [1.29, 1.82) is 0 Å². The van der Waals surface area contributed by atoms with Crippen LogP contribution < -0.4 is 19.9 Å². The van der Waals surface area contributed by atoms with Crippen LogP contribution >= 0.6 is 24.8 Å². The number of piperidine rings is 1. The Morgan fingerprint density at radius 1 is 0.780 bits per heavy atom. The minimum atomic E-state index is 0. The van der Waals surface area contributed by atoms with E-state index in [1.165, 1.54) is 10.9 Å². The Hall–Kier alpha value is -2.08. The second-order valence-electron chi connectivity index (χ2n) is 10.0. The predicted octanol–water partition coefficient (Wildman–Crippen LogP) is 4.16. The molecule has 0 aromatic heterocycles. The fourth-order valence-electron chi connectivity index (χ4n) is 5.23. The van der Waals surface area contributed by atoms with Crippen LogP contribution in [0.3, 0.4) is 0 Å². The predicted molar refractivity (Wildman–Crippen MR) is 164 cm³/mol. The molecule has 41 heavy (non-hydrogen) atoms. The van der Waals surface area contributed by atoms with Crippen molar-refractivity contribution in [2.45, 2.75) is 19.4 Å². The second-order valence-corrected chi connectivity index (χ2v) is 10.0. The third-order valence-electron chi connectivity index (χ3n) is 7.36. The van der Waals surface area contributed by atoms with E-state index >= 15 is 0 Å². The molecule has 3 N–H and O–H groups in total. The van der Waals surface area contributed by atoms with Crippen molar-refractivity contribution in [1.82, 2.24) is 4.90 Å². The van der Waals surface area contributed by atoms with Crippen molar-refractivity contribution in [3.63, 3.8) is 0 Å². The monoisotopic (exact) mass is 612 g/mol. The van der Waals surface area contributed by atoms with Crippen LogP contribution in [0.4, 0.5) is 0 Å². The number of halogens is 2. The van der Waals surface area contributed by atoms with Gasteiger partial charge in [0.15, 0.2) is 11.5 Å². The van der Waals surface area contributed by atoms with Crippen LogP contribution in [0.25, 0.3) is 21.5 Å². The minimum absolute atomic E-state index is 0. The van der Waals surface area contributed by atoms with Crippen LogP contribution in [-0.2, 0) is 20.8 Å². The average molecular weight is 614 g/mol. The number of hydrogen-bond acceptors (Lipinski definition) is 9. The van der Waals surface area contributed by atoms with Gasteiger partial charge >= 0.3 is 0 Å². The number of fused-ring (bicyclic) bond motifs is 4. The van der Waals surface area contributed by atoms with Crippen molar-refractivity contribution >= 4 is 46.4 Å². The molecule has 3 aromatic rings. The first kappa shape index (κ1) is 33.4. The number of hydrogen-bond donors (Lipinski definition) is 2. The van der Waals surface area contributed by atoms with Crippen molar-refractivity contribution < 1.29 is 33.5 Å². The lowest BCUT2D eigenvalue weighted by atomic mass is 9.94. The van der Waals surface area contributed by atoms with E-state index in [0.29, 0.717) is 58.7 Å². The van der Waals surface area contributed by atoms with E-state index in [-0.39, 0.29) is 38.2 Å². The summed E-state index contributed by atoms with van der Waals surface area (Å²) in [5.41, 5.74) is 6.66. The average Bonchev–Trinajstić information content (AvgIpc) is 3.43. The van der Waals surface area contributed by atoms with E-state index in [1.54, 1.807) is 0 Å². The lowest BCUT2D eigenvalue weighted by molar-refractivity contribution is 0.0106. The summed E-state index contributed by atoms with van der Waals surface area (Å²) in [7, 11) is 0. The summed E-state index contributed by atoms with van der Waals surface area (Å²) in [6.07, 6.45) is 2.08. The normalized spacial score (nSPS) is 15.2. The lowest BCUT2D eigenvalue weighted by Gasteiger charge is -2.31. The Bertz CT molecular complexity index is 1220. The first-order chi connectivity index (χ1) is 19.2. The molecule has 11 heteroatoms. The molecule has 2 aliphatic heterocycles. The van der Waals surface area contributed by atoms with E-state index in [2.05, 4.69) is 35.2 Å². The van der Waals surface area contributed by atoms with E-state index in [4.69, 9.17) is 34.2 Å². The van der Waals surface area contributed by atoms with Gasteiger partial charge in [0.05, 0.1) is 39.6 Å². The molecule has 1 saturated heterocycles. The van der Waals surface area contributed by atoms with Gasteiger partial charge in [0.25, 0.3) is 0 Å². The van der Waals surface area contributed by atoms with Crippen molar-refractivity contribution in [2.75, 3.05) is 79.3 Å². The summed E-state index contributed by atoms with van der Waals surface area (Å²) in [5, 5.41) is 14.1. The molecule has 0 spiro atoms. The number of nitrogens with two attached hydrogens (primary N) is 1. The molecule has 0 amide bonds.